The van der Waals surface area contributed by atoms with Crippen LogP contribution < -0.4 is 10.1 Å². The average Bonchev–Trinajstić information content (AvgIpc) is 2.46. The molecule has 5 heteroatoms. The van der Waals surface area contributed by atoms with Crippen molar-refractivity contribution >= 4 is 11.8 Å². The number of ether oxygens (including phenoxy) is 1. The molecule has 108 valence electrons. The van der Waals surface area contributed by atoms with E-state index in [0.717, 1.165) is 5.56 Å². The highest BCUT2D eigenvalue weighted by molar-refractivity contribution is 5.98. The Kier molecular flexibility index (Phi) is 4.27. The fourth-order valence-electron chi connectivity index (χ4n) is 2.48. The lowest BCUT2D eigenvalue weighted by molar-refractivity contribution is -0.127. The molecule has 0 aliphatic carbocycles. The van der Waals surface area contributed by atoms with E-state index in [9.17, 15) is 9.59 Å². The van der Waals surface area contributed by atoms with Crippen molar-refractivity contribution < 1.29 is 14.3 Å². The summed E-state index contributed by atoms with van der Waals surface area (Å²) in [6.45, 7) is 4.88. The van der Waals surface area contributed by atoms with E-state index in [1.165, 1.54) is 0 Å². The number of carbonyl (C=O) groups is 2. The van der Waals surface area contributed by atoms with Crippen molar-refractivity contribution in [1.29, 1.82) is 0 Å². The van der Waals surface area contributed by atoms with Crippen molar-refractivity contribution in [3.8, 4) is 5.75 Å². The van der Waals surface area contributed by atoms with Crippen LogP contribution in [0.2, 0.25) is 0 Å². The monoisotopic (exact) mass is 276 g/mol. The molecule has 0 spiro atoms. The summed E-state index contributed by atoms with van der Waals surface area (Å²) in [5, 5.41) is 2.79. The van der Waals surface area contributed by atoms with Gasteiger partial charge >= 0.3 is 0 Å². The Labute approximate surface area is 118 Å². The quantitative estimate of drug-likeness (QED) is 0.906. The molecule has 1 aromatic rings. The van der Waals surface area contributed by atoms with Crippen LogP contribution in [-0.4, -0.2) is 43.0 Å². The Bertz CT molecular complexity index is 528. The largest absolute Gasteiger partial charge is 0.496 e. The normalized spacial score (nSPS) is 18.6. The SMILES string of the molecule is CCC1C(=O)NCCN1C(=O)c1ccc(C)c(OC)c1. The van der Waals surface area contributed by atoms with Crippen LogP contribution in [-0.2, 0) is 4.79 Å². The van der Waals surface area contributed by atoms with Gasteiger partial charge in [0.1, 0.15) is 11.8 Å². The van der Waals surface area contributed by atoms with E-state index in [1.807, 2.05) is 19.9 Å². The number of rotatable bonds is 3. The molecule has 1 fully saturated rings. The fourth-order valence-corrected chi connectivity index (χ4v) is 2.48. The van der Waals surface area contributed by atoms with Crippen molar-refractivity contribution in [3.05, 3.63) is 29.3 Å². The third kappa shape index (κ3) is 2.61. The molecule has 1 aliphatic rings. The minimum absolute atomic E-state index is 0.0776. The molecule has 0 saturated carbocycles. The molecule has 2 rings (SSSR count). The lowest BCUT2D eigenvalue weighted by atomic mass is 10.1. The van der Waals surface area contributed by atoms with Crippen molar-refractivity contribution in [3.63, 3.8) is 0 Å². The number of benzene rings is 1. The van der Waals surface area contributed by atoms with Gasteiger partial charge in [0.25, 0.3) is 5.91 Å². The molecule has 0 bridgehead atoms. The highest BCUT2D eigenvalue weighted by Crippen LogP contribution is 2.21. The highest BCUT2D eigenvalue weighted by Gasteiger charge is 2.32. The van der Waals surface area contributed by atoms with Crippen molar-refractivity contribution in [1.82, 2.24) is 10.2 Å². The molecule has 5 nitrogen and oxygen atoms in total. The zero-order valence-corrected chi connectivity index (χ0v) is 12.1. The summed E-state index contributed by atoms with van der Waals surface area (Å²) in [6.07, 6.45) is 0.612. The first-order chi connectivity index (χ1) is 9.58. The Morgan fingerprint density at radius 3 is 2.90 bits per heavy atom. The van der Waals surface area contributed by atoms with Gasteiger partial charge in [-0.1, -0.05) is 13.0 Å². The number of hydrogen-bond acceptors (Lipinski definition) is 3. The summed E-state index contributed by atoms with van der Waals surface area (Å²) in [7, 11) is 1.58. The highest BCUT2D eigenvalue weighted by atomic mass is 16.5. The molecule has 1 saturated heterocycles. The summed E-state index contributed by atoms with van der Waals surface area (Å²) in [6, 6.07) is 4.98. The number of nitrogens with one attached hydrogen (secondary N) is 1. The Morgan fingerprint density at radius 1 is 1.50 bits per heavy atom. The fraction of sp³-hybridized carbons (Fsp3) is 0.467. The number of piperazine rings is 1. The maximum atomic E-state index is 12.6. The molecule has 1 unspecified atom stereocenters. The van der Waals surface area contributed by atoms with Gasteiger partial charge in [-0.25, -0.2) is 0 Å². The molecule has 2 amide bonds. The van der Waals surface area contributed by atoms with Gasteiger partial charge in [-0.15, -0.1) is 0 Å². The van der Waals surface area contributed by atoms with E-state index in [-0.39, 0.29) is 17.9 Å². The molecule has 1 atom stereocenters. The third-order valence-electron chi connectivity index (χ3n) is 3.63. The summed E-state index contributed by atoms with van der Waals surface area (Å²) in [5.74, 6) is 0.488. The molecular weight excluding hydrogens is 256 g/mol. The van der Waals surface area contributed by atoms with Crippen LogP contribution in [0.1, 0.15) is 29.3 Å². The molecule has 0 aromatic heterocycles. The Hall–Kier alpha value is -2.04. The predicted octanol–water partition coefficient (Wildman–Crippen LogP) is 1.35. The zero-order valence-electron chi connectivity index (χ0n) is 12.1. The molecule has 1 heterocycles. The lowest BCUT2D eigenvalue weighted by Crippen LogP contribution is -2.56. The second-order valence-corrected chi connectivity index (χ2v) is 4.90. The maximum Gasteiger partial charge on any atom is 0.254 e. The minimum Gasteiger partial charge on any atom is -0.496 e. The number of carbonyl (C=O) groups excluding carboxylic acids is 2. The summed E-state index contributed by atoms with van der Waals surface area (Å²) in [4.78, 5) is 26.0. The van der Waals surface area contributed by atoms with Crippen LogP contribution in [0, 0.1) is 6.92 Å². The topological polar surface area (TPSA) is 58.6 Å². The number of aryl methyl sites for hydroxylation is 1. The minimum atomic E-state index is -0.386. The van der Waals surface area contributed by atoms with Gasteiger partial charge in [-0.05, 0) is 31.0 Å². The molecular formula is C15H20N2O3. The van der Waals surface area contributed by atoms with Gasteiger partial charge in [0.05, 0.1) is 7.11 Å². The molecule has 1 aromatic carbocycles. The van der Waals surface area contributed by atoms with Gasteiger partial charge in [0.2, 0.25) is 5.91 Å². The van der Waals surface area contributed by atoms with Gasteiger partial charge < -0.3 is 15.0 Å². The van der Waals surface area contributed by atoms with E-state index < -0.39 is 0 Å². The van der Waals surface area contributed by atoms with Crippen molar-refractivity contribution in [2.75, 3.05) is 20.2 Å². The third-order valence-corrected chi connectivity index (χ3v) is 3.63. The standard InChI is InChI=1S/C15H20N2O3/c1-4-12-14(18)16-7-8-17(12)15(19)11-6-5-10(2)13(9-11)20-3/h5-6,9,12H,4,7-8H2,1-3H3,(H,16,18). The number of amides is 2. The smallest absolute Gasteiger partial charge is 0.254 e. The van der Waals surface area contributed by atoms with Gasteiger partial charge in [0.15, 0.2) is 0 Å². The van der Waals surface area contributed by atoms with E-state index >= 15 is 0 Å². The zero-order chi connectivity index (χ0) is 14.7. The van der Waals surface area contributed by atoms with Crippen LogP contribution in [0.3, 0.4) is 0 Å². The number of hydrogen-bond donors (Lipinski definition) is 1. The Balaban J connectivity index is 2.28. The molecule has 0 radical (unpaired) electrons. The van der Waals surface area contributed by atoms with Gasteiger partial charge in [-0.2, -0.15) is 0 Å². The van der Waals surface area contributed by atoms with Gasteiger partial charge in [-0.3, -0.25) is 9.59 Å². The molecule has 1 aliphatic heterocycles. The van der Waals surface area contributed by atoms with Crippen LogP contribution >= 0.6 is 0 Å². The number of nitrogens with zero attached hydrogens (tertiary/aromatic N) is 1. The van der Waals surface area contributed by atoms with Crippen LogP contribution in [0.5, 0.6) is 5.75 Å². The summed E-state index contributed by atoms with van der Waals surface area (Å²) in [5.41, 5.74) is 1.54. The van der Waals surface area contributed by atoms with Crippen molar-refractivity contribution in [2.24, 2.45) is 0 Å². The summed E-state index contributed by atoms with van der Waals surface area (Å²) >= 11 is 0. The van der Waals surface area contributed by atoms with E-state index in [4.69, 9.17) is 4.74 Å². The number of methoxy groups -OCH3 is 1. The first-order valence-corrected chi connectivity index (χ1v) is 6.81. The van der Waals surface area contributed by atoms with Crippen LogP contribution in [0.15, 0.2) is 18.2 Å². The van der Waals surface area contributed by atoms with E-state index in [2.05, 4.69) is 5.32 Å². The summed E-state index contributed by atoms with van der Waals surface area (Å²) < 4.78 is 5.25. The molecule has 20 heavy (non-hydrogen) atoms. The van der Waals surface area contributed by atoms with Crippen molar-refractivity contribution in [2.45, 2.75) is 26.3 Å². The second kappa shape index (κ2) is 5.94. The van der Waals surface area contributed by atoms with Crippen LogP contribution in [0.4, 0.5) is 0 Å². The Morgan fingerprint density at radius 2 is 2.25 bits per heavy atom. The second-order valence-electron chi connectivity index (χ2n) is 4.90. The van der Waals surface area contributed by atoms with Gasteiger partial charge in [0, 0.05) is 18.7 Å². The van der Waals surface area contributed by atoms with E-state index in [0.29, 0.717) is 30.8 Å². The van der Waals surface area contributed by atoms with Crippen LogP contribution in [0.25, 0.3) is 0 Å². The lowest BCUT2D eigenvalue weighted by Gasteiger charge is -2.34. The van der Waals surface area contributed by atoms with E-state index in [1.54, 1.807) is 24.1 Å². The first-order valence-electron chi connectivity index (χ1n) is 6.81. The predicted molar refractivity (Wildman–Crippen MR) is 75.9 cm³/mol. The first kappa shape index (κ1) is 14.4. The average molecular weight is 276 g/mol. The molecule has 1 N–H and O–H groups in total. The maximum absolute atomic E-state index is 12.6.